The predicted octanol–water partition coefficient (Wildman–Crippen LogP) is 1.91. The third-order valence-corrected chi connectivity index (χ3v) is 2.06. The fourth-order valence-corrected chi connectivity index (χ4v) is 1.08. The summed E-state index contributed by atoms with van der Waals surface area (Å²) < 4.78 is 24.5. The summed E-state index contributed by atoms with van der Waals surface area (Å²) in [6, 6.07) is -0.362. The third kappa shape index (κ3) is 1.42. The summed E-state index contributed by atoms with van der Waals surface area (Å²) in [5, 5.41) is 9.18. The van der Waals surface area contributed by atoms with E-state index in [0.717, 1.165) is 0 Å². The Kier molecular flexibility index (Phi) is 2.35. The van der Waals surface area contributed by atoms with E-state index in [1.54, 1.807) is 6.92 Å². The van der Waals surface area contributed by atoms with Crippen molar-refractivity contribution in [2.45, 2.75) is 19.4 Å². The molecule has 12 heavy (non-hydrogen) atoms. The van der Waals surface area contributed by atoms with Gasteiger partial charge in [-0.3, -0.25) is 0 Å². The van der Waals surface area contributed by atoms with Crippen LogP contribution in [0.25, 0.3) is 0 Å². The monoisotopic (exact) mass is 175 g/mol. The van der Waals surface area contributed by atoms with Crippen molar-refractivity contribution in [3.05, 3.63) is 23.6 Å². The smallest absolute Gasteiger partial charge is 0.278 e. The maximum atomic E-state index is 12.3. The highest BCUT2D eigenvalue weighted by molar-refractivity contribution is 5.24. The van der Waals surface area contributed by atoms with Gasteiger partial charge in [0.15, 0.2) is 0 Å². The lowest BCUT2D eigenvalue weighted by molar-refractivity contribution is 0.129. The van der Waals surface area contributed by atoms with Crippen LogP contribution in [-0.4, -0.2) is 29.5 Å². The Morgan fingerprint density at radius 1 is 1.50 bits per heavy atom. The molecule has 1 aliphatic heterocycles. The Labute approximate surface area is 69.8 Å². The molecule has 0 spiro atoms. The molecule has 1 atom stereocenters. The average molecular weight is 175 g/mol. The third-order valence-electron chi connectivity index (χ3n) is 2.06. The van der Waals surface area contributed by atoms with Crippen molar-refractivity contribution >= 4 is 0 Å². The fourth-order valence-electron chi connectivity index (χ4n) is 1.08. The van der Waals surface area contributed by atoms with Gasteiger partial charge in [0, 0.05) is 7.05 Å². The molecule has 68 valence electrons. The van der Waals surface area contributed by atoms with Gasteiger partial charge in [0.1, 0.15) is 5.76 Å². The minimum atomic E-state index is -2.48. The maximum absolute atomic E-state index is 12.3. The molecule has 0 fully saturated rings. The van der Waals surface area contributed by atoms with Crippen molar-refractivity contribution in [3.8, 4) is 0 Å². The van der Waals surface area contributed by atoms with E-state index >= 15 is 0 Å². The molecule has 0 bridgehead atoms. The summed E-state index contributed by atoms with van der Waals surface area (Å²) in [4.78, 5) is 1.36. The molecule has 0 saturated heterocycles. The molecule has 1 aliphatic rings. The van der Waals surface area contributed by atoms with Crippen LogP contribution >= 0.6 is 0 Å². The number of allylic oxidation sites excluding steroid dienone is 3. The highest BCUT2D eigenvalue weighted by Gasteiger charge is 2.24. The molecule has 0 amide bonds. The lowest BCUT2D eigenvalue weighted by atomic mass is 10.1. The topological polar surface area (TPSA) is 23.5 Å². The molecular formula is C8H11F2NO. The zero-order valence-electron chi connectivity index (χ0n) is 6.96. The first-order valence-corrected chi connectivity index (χ1v) is 3.65. The minimum absolute atomic E-state index is 0.0553. The maximum Gasteiger partial charge on any atom is 0.278 e. The molecule has 1 rings (SSSR count). The molecule has 0 radical (unpaired) electrons. The molecular weight excluding hydrogens is 164 g/mol. The van der Waals surface area contributed by atoms with Gasteiger partial charge < -0.3 is 10.0 Å². The standard InChI is InChI=1S/C8H11F2NO/c1-5-7(12)4-3-6(8(9)10)11(5)2/h3-5,8,12H,1-2H3. The number of nitrogens with zero attached hydrogens (tertiary/aromatic N) is 1. The van der Waals surface area contributed by atoms with E-state index in [9.17, 15) is 13.9 Å². The number of aliphatic hydroxyl groups is 1. The predicted molar refractivity (Wildman–Crippen MR) is 42.0 cm³/mol. The number of hydrogen-bond donors (Lipinski definition) is 1. The van der Waals surface area contributed by atoms with E-state index in [0.29, 0.717) is 0 Å². The zero-order chi connectivity index (χ0) is 9.30. The highest BCUT2D eigenvalue weighted by Crippen LogP contribution is 2.22. The summed E-state index contributed by atoms with van der Waals surface area (Å²) in [7, 11) is 1.53. The summed E-state index contributed by atoms with van der Waals surface area (Å²) in [6.07, 6.45) is 0.0633. The Balaban J connectivity index is 2.90. The minimum Gasteiger partial charge on any atom is -0.510 e. The largest absolute Gasteiger partial charge is 0.510 e. The average Bonchev–Trinajstić information content (AvgIpc) is 2.00. The molecule has 1 N–H and O–H groups in total. The van der Waals surface area contributed by atoms with Crippen molar-refractivity contribution in [1.29, 1.82) is 0 Å². The summed E-state index contributed by atoms with van der Waals surface area (Å²) >= 11 is 0. The van der Waals surface area contributed by atoms with Crippen LogP contribution in [0.5, 0.6) is 0 Å². The summed E-state index contributed by atoms with van der Waals surface area (Å²) in [5.74, 6) is 0.113. The van der Waals surface area contributed by atoms with Gasteiger partial charge in [0.05, 0.1) is 11.7 Å². The van der Waals surface area contributed by atoms with Gasteiger partial charge in [-0.05, 0) is 19.1 Å². The molecule has 1 heterocycles. The number of aliphatic hydroxyl groups excluding tert-OH is 1. The van der Waals surface area contributed by atoms with Crippen molar-refractivity contribution in [2.24, 2.45) is 0 Å². The summed E-state index contributed by atoms with van der Waals surface area (Å²) in [5.41, 5.74) is -0.0553. The van der Waals surface area contributed by atoms with Gasteiger partial charge in [0.25, 0.3) is 6.43 Å². The van der Waals surface area contributed by atoms with Gasteiger partial charge >= 0.3 is 0 Å². The molecule has 0 aliphatic carbocycles. The molecule has 0 saturated carbocycles. The summed E-state index contributed by atoms with van der Waals surface area (Å²) in [6.45, 7) is 1.67. The van der Waals surface area contributed by atoms with Gasteiger partial charge in [-0.25, -0.2) is 8.78 Å². The van der Waals surface area contributed by atoms with Crippen LogP contribution < -0.4 is 0 Å². The van der Waals surface area contributed by atoms with Gasteiger partial charge in [-0.2, -0.15) is 0 Å². The highest BCUT2D eigenvalue weighted by atomic mass is 19.3. The Morgan fingerprint density at radius 2 is 2.08 bits per heavy atom. The van der Waals surface area contributed by atoms with Crippen LogP contribution in [0.2, 0.25) is 0 Å². The fraction of sp³-hybridized carbons (Fsp3) is 0.500. The van der Waals surface area contributed by atoms with E-state index in [4.69, 9.17) is 0 Å². The van der Waals surface area contributed by atoms with E-state index in [1.807, 2.05) is 0 Å². The number of halogens is 2. The second kappa shape index (κ2) is 3.13. The Bertz CT molecular complexity index is 235. The Hall–Kier alpha value is -1.06. The van der Waals surface area contributed by atoms with Crippen molar-refractivity contribution in [2.75, 3.05) is 7.05 Å². The first kappa shape index (κ1) is 9.03. The molecule has 4 heteroatoms. The second-order valence-corrected chi connectivity index (χ2v) is 2.77. The number of hydrogen-bond acceptors (Lipinski definition) is 2. The van der Waals surface area contributed by atoms with E-state index in [2.05, 4.69) is 0 Å². The quantitative estimate of drug-likeness (QED) is 0.658. The number of rotatable bonds is 1. The SMILES string of the molecule is CC1C(O)=CC=C(C(F)F)N1C. The van der Waals surface area contributed by atoms with E-state index in [1.165, 1.54) is 24.1 Å². The normalized spacial score (nSPS) is 24.1. The Morgan fingerprint density at radius 3 is 2.58 bits per heavy atom. The van der Waals surface area contributed by atoms with Crippen LogP contribution in [0.1, 0.15) is 6.92 Å². The first-order chi connectivity index (χ1) is 5.54. The van der Waals surface area contributed by atoms with Crippen LogP contribution in [0.4, 0.5) is 8.78 Å². The van der Waals surface area contributed by atoms with Gasteiger partial charge in [-0.15, -0.1) is 0 Å². The molecule has 1 unspecified atom stereocenters. The van der Waals surface area contributed by atoms with Crippen molar-refractivity contribution < 1.29 is 13.9 Å². The van der Waals surface area contributed by atoms with Crippen LogP contribution in [0.15, 0.2) is 23.6 Å². The van der Waals surface area contributed by atoms with E-state index in [-0.39, 0.29) is 17.5 Å². The lowest BCUT2D eigenvalue weighted by Gasteiger charge is -2.30. The zero-order valence-corrected chi connectivity index (χ0v) is 6.96. The van der Waals surface area contributed by atoms with Gasteiger partial charge in [-0.1, -0.05) is 0 Å². The van der Waals surface area contributed by atoms with E-state index < -0.39 is 6.43 Å². The molecule has 0 aromatic rings. The number of alkyl halides is 2. The number of likely N-dealkylation sites (N-methyl/N-ethyl adjacent to an activating group) is 1. The van der Waals surface area contributed by atoms with Crippen LogP contribution in [0, 0.1) is 0 Å². The second-order valence-electron chi connectivity index (χ2n) is 2.77. The lowest BCUT2D eigenvalue weighted by Crippen LogP contribution is -2.34. The van der Waals surface area contributed by atoms with Crippen LogP contribution in [-0.2, 0) is 0 Å². The van der Waals surface area contributed by atoms with Crippen molar-refractivity contribution in [1.82, 2.24) is 4.90 Å². The van der Waals surface area contributed by atoms with Crippen LogP contribution in [0.3, 0.4) is 0 Å². The molecule has 2 nitrogen and oxygen atoms in total. The molecule has 0 aromatic heterocycles. The van der Waals surface area contributed by atoms with Gasteiger partial charge in [0.2, 0.25) is 0 Å². The first-order valence-electron chi connectivity index (χ1n) is 3.65. The molecule has 0 aromatic carbocycles. The van der Waals surface area contributed by atoms with Crippen molar-refractivity contribution in [3.63, 3.8) is 0 Å².